The fraction of sp³-hybridized carbons (Fsp3) is 0.538. The third-order valence-electron chi connectivity index (χ3n) is 4.71. The zero-order chi connectivity index (χ0) is 22.3. The van der Waals surface area contributed by atoms with Gasteiger partial charge in [0.1, 0.15) is 0 Å². The Labute approximate surface area is 208 Å². The molecule has 30 heavy (non-hydrogen) atoms. The Balaban J connectivity index is 0. The predicted molar refractivity (Wildman–Crippen MR) is 121 cm³/mol. The number of hydrogen-bond donors (Lipinski definition) is 0. The van der Waals surface area contributed by atoms with E-state index < -0.39 is 0 Å². The maximum absolute atomic E-state index is 12.0. The van der Waals surface area contributed by atoms with Gasteiger partial charge < -0.3 is 16.1 Å². The van der Waals surface area contributed by atoms with Gasteiger partial charge >= 0.3 is 5.97 Å². The van der Waals surface area contributed by atoms with E-state index in [4.69, 9.17) is 4.74 Å². The molecule has 0 aliphatic heterocycles. The molecule has 0 aliphatic rings. The summed E-state index contributed by atoms with van der Waals surface area (Å²) in [6.07, 6.45) is 12.9. The second-order valence-electron chi connectivity index (χ2n) is 8.90. The van der Waals surface area contributed by atoms with Crippen molar-refractivity contribution in [1.82, 2.24) is 0 Å². The number of allylic oxidation sites excluding steroid dienone is 1. The van der Waals surface area contributed by atoms with Gasteiger partial charge in [-0.15, -0.1) is 5.41 Å². The number of benzene rings is 1. The molecule has 0 bridgehead atoms. The monoisotopic (exact) mass is 636 g/mol. The van der Waals surface area contributed by atoms with Crippen molar-refractivity contribution in [2.75, 3.05) is 0 Å². The van der Waals surface area contributed by atoms with E-state index in [2.05, 4.69) is 40.2 Å². The second-order valence-corrected chi connectivity index (χ2v) is 8.90. The fourth-order valence-corrected chi connectivity index (χ4v) is 2.76. The average molecular weight is 637 g/mol. The summed E-state index contributed by atoms with van der Waals surface area (Å²) in [5.74, 6) is -0.318. The minimum absolute atomic E-state index is 0. The molecular formula is C26H38O3U-2. The van der Waals surface area contributed by atoms with E-state index in [1.165, 1.54) is 18.2 Å². The van der Waals surface area contributed by atoms with Crippen LogP contribution in [0, 0.1) is 43.1 Å². The van der Waals surface area contributed by atoms with Crippen molar-refractivity contribution in [2.24, 2.45) is 5.41 Å². The standard InChI is InChI=1S/C24H35O3.C2H3.U/c1-23(2,3)21-15-13-20(14-16-21)22(26)27-18-12-10-8-6-7-9-11-17-24(4,5)19-25;1-2;/h12-16,18H,6-11,17H2,1-5H3;1H,2H2;/q2*-1;/b18-12+;;. The summed E-state index contributed by atoms with van der Waals surface area (Å²) in [5, 5.41) is 0. The van der Waals surface area contributed by atoms with E-state index in [1.54, 1.807) is 0 Å². The fourth-order valence-electron chi connectivity index (χ4n) is 2.76. The molecule has 3 nitrogen and oxygen atoms in total. The van der Waals surface area contributed by atoms with E-state index in [0.717, 1.165) is 38.5 Å². The molecule has 1 rings (SSSR count). The first kappa shape index (κ1) is 31.1. The van der Waals surface area contributed by atoms with Crippen LogP contribution in [0.4, 0.5) is 0 Å². The van der Waals surface area contributed by atoms with Gasteiger partial charge in [-0.25, -0.2) is 4.79 Å². The second kappa shape index (κ2) is 16.6. The van der Waals surface area contributed by atoms with Crippen molar-refractivity contribution in [2.45, 2.75) is 85.0 Å². The van der Waals surface area contributed by atoms with Crippen molar-refractivity contribution in [3.8, 4) is 0 Å². The summed E-state index contributed by atoms with van der Waals surface area (Å²) in [6.45, 7) is 17.3. The van der Waals surface area contributed by atoms with Crippen molar-refractivity contribution < 1.29 is 45.4 Å². The van der Waals surface area contributed by atoms with Crippen LogP contribution in [-0.4, -0.2) is 12.3 Å². The van der Waals surface area contributed by atoms with Gasteiger partial charge in [0, 0.05) is 31.1 Å². The predicted octanol–water partition coefficient (Wildman–Crippen LogP) is 7.13. The Morgan fingerprint density at radius 1 is 1.00 bits per heavy atom. The average Bonchev–Trinajstić information content (AvgIpc) is 2.70. The molecule has 0 saturated heterocycles. The molecule has 0 aromatic heterocycles. The van der Waals surface area contributed by atoms with Gasteiger partial charge in [0.15, 0.2) is 0 Å². The smallest absolute Gasteiger partial charge is 0.342 e. The first-order chi connectivity index (χ1) is 13.7. The molecule has 0 N–H and O–H groups in total. The van der Waals surface area contributed by atoms with Crippen molar-refractivity contribution in [3.05, 3.63) is 60.9 Å². The van der Waals surface area contributed by atoms with Gasteiger partial charge in [-0.05, 0) is 42.0 Å². The summed E-state index contributed by atoms with van der Waals surface area (Å²) in [6, 6.07) is 7.60. The van der Waals surface area contributed by atoms with Crippen LogP contribution in [0.15, 0.2) is 43.2 Å². The van der Waals surface area contributed by atoms with E-state index in [0.29, 0.717) is 5.56 Å². The Bertz CT molecular complexity index is 625. The largest absolute Gasteiger partial charge is 0.541 e. The first-order valence-electron chi connectivity index (χ1n) is 10.4. The van der Waals surface area contributed by atoms with E-state index >= 15 is 0 Å². The number of carbonyl (C=O) groups is 1. The molecule has 0 heterocycles. The van der Waals surface area contributed by atoms with E-state index in [9.17, 15) is 9.59 Å². The van der Waals surface area contributed by atoms with Gasteiger partial charge in [-0.1, -0.05) is 78.9 Å². The molecule has 0 radical (unpaired) electrons. The number of rotatable bonds is 11. The molecule has 0 fully saturated rings. The topological polar surface area (TPSA) is 43.4 Å². The molecule has 0 spiro atoms. The quantitative estimate of drug-likeness (QED) is 0.112. The first-order valence-corrected chi connectivity index (χ1v) is 10.4. The summed E-state index contributed by atoms with van der Waals surface area (Å²) >= 11 is 0. The number of hydrogen-bond acceptors (Lipinski definition) is 3. The van der Waals surface area contributed by atoms with Crippen molar-refractivity contribution >= 4 is 12.3 Å². The molecule has 1 aromatic carbocycles. The molecule has 166 valence electrons. The van der Waals surface area contributed by atoms with Crippen LogP contribution in [-0.2, 0) is 14.9 Å². The molecule has 4 heteroatoms. The van der Waals surface area contributed by atoms with Crippen LogP contribution >= 0.6 is 0 Å². The third-order valence-corrected chi connectivity index (χ3v) is 4.71. The molecule has 0 atom stereocenters. The molecule has 0 aliphatic carbocycles. The van der Waals surface area contributed by atoms with Crippen LogP contribution in [0.5, 0.6) is 0 Å². The summed E-state index contributed by atoms with van der Waals surface area (Å²) in [4.78, 5) is 22.7. The Morgan fingerprint density at radius 3 is 2.07 bits per heavy atom. The number of unbranched alkanes of at least 4 members (excludes halogenated alkanes) is 5. The van der Waals surface area contributed by atoms with Gasteiger partial charge in [-0.3, -0.25) is 12.9 Å². The summed E-state index contributed by atoms with van der Waals surface area (Å²) in [7, 11) is 0. The number of esters is 1. The molecular weight excluding hydrogens is 598 g/mol. The maximum Gasteiger partial charge on any atom is 0.342 e. The zero-order valence-electron chi connectivity index (χ0n) is 19.4. The van der Waals surface area contributed by atoms with Gasteiger partial charge in [0.2, 0.25) is 0 Å². The van der Waals surface area contributed by atoms with Crippen LogP contribution in [0.3, 0.4) is 0 Å². The van der Waals surface area contributed by atoms with Gasteiger partial charge in [0.05, 0.1) is 11.8 Å². The molecule has 0 saturated carbocycles. The van der Waals surface area contributed by atoms with Crippen LogP contribution in [0.25, 0.3) is 0 Å². The number of ether oxygens (including phenoxy) is 1. The summed E-state index contributed by atoms with van der Waals surface area (Å²) < 4.78 is 5.19. The van der Waals surface area contributed by atoms with Crippen LogP contribution < -0.4 is 0 Å². The normalized spacial score (nSPS) is 11.2. The minimum Gasteiger partial charge on any atom is -0.541 e. The SMILES string of the molecule is CC(C)([C-]=O)CCCCCCC/C=C/OC(=O)c1ccc(C(C)(C)C)cc1.[CH-]=C.[U]. The maximum atomic E-state index is 12.0. The molecule has 1 aromatic rings. The Morgan fingerprint density at radius 2 is 1.53 bits per heavy atom. The van der Waals surface area contributed by atoms with Gasteiger partial charge in [-0.2, -0.15) is 0 Å². The van der Waals surface area contributed by atoms with E-state index in [1.807, 2.05) is 44.2 Å². The minimum atomic E-state index is -0.318. The number of carbonyl (C=O) groups excluding carboxylic acids is 2. The van der Waals surface area contributed by atoms with E-state index in [-0.39, 0.29) is 47.9 Å². The van der Waals surface area contributed by atoms with Crippen molar-refractivity contribution in [1.29, 1.82) is 0 Å². The Kier molecular flexibility index (Phi) is 17.2. The summed E-state index contributed by atoms with van der Waals surface area (Å²) in [5.41, 5.74) is 1.54. The third kappa shape index (κ3) is 14.0. The van der Waals surface area contributed by atoms with Crippen LogP contribution in [0.1, 0.15) is 95.5 Å². The van der Waals surface area contributed by atoms with Crippen molar-refractivity contribution in [3.63, 3.8) is 0 Å². The molecule has 0 amide bonds. The van der Waals surface area contributed by atoms with Gasteiger partial charge in [0.25, 0.3) is 0 Å². The Hall–Kier alpha value is -1.11. The van der Waals surface area contributed by atoms with Crippen LogP contribution in [0.2, 0.25) is 0 Å². The molecule has 0 unspecified atom stereocenters. The zero-order valence-corrected chi connectivity index (χ0v) is 23.6.